The lowest BCUT2D eigenvalue weighted by atomic mass is 9.72. The molecule has 10 heteroatoms. The molecule has 1 spiro atoms. The van der Waals surface area contributed by atoms with Crippen molar-refractivity contribution in [2.75, 3.05) is 51.2 Å². The van der Waals surface area contributed by atoms with Crippen LogP contribution < -0.4 is 4.90 Å². The lowest BCUT2D eigenvalue weighted by Crippen LogP contribution is -2.62. The molecule has 0 unspecified atom stereocenters. The number of carbonyl (C=O) groups excluding carboxylic acids is 1. The number of carbonyl (C=O) groups is 1. The molecule has 0 saturated carbocycles. The summed E-state index contributed by atoms with van der Waals surface area (Å²) in [5.41, 5.74) is 3.76. The number of amides is 1. The van der Waals surface area contributed by atoms with Crippen LogP contribution in [0.4, 0.5) is 15.0 Å². The number of benzene rings is 2. The van der Waals surface area contributed by atoms with Crippen molar-refractivity contribution < 1.29 is 13.9 Å². The fourth-order valence-corrected chi connectivity index (χ4v) is 7.54. The van der Waals surface area contributed by atoms with Crippen molar-refractivity contribution in [1.29, 1.82) is 0 Å². The standard InChI is InChI=1S/C36H44FN7O2/c1-7-23-18-25-31(30(37)29(23)28-22(2)8-9-27-26(28)19-38-41-27)39-32(24-10-14-42(6)15-11-24)40-33(25)43-16-12-36(13-17-43)20-44(21-36)34(45)46-35(3,4)5/h7-9,18-19,24H,1,10-17,20-21H2,2-6H3,(H,38,41). The summed E-state index contributed by atoms with van der Waals surface area (Å²) in [6, 6.07) is 5.99. The van der Waals surface area contributed by atoms with Crippen molar-refractivity contribution in [3.05, 3.63) is 53.7 Å². The van der Waals surface area contributed by atoms with Gasteiger partial charge in [-0.3, -0.25) is 5.10 Å². The molecule has 242 valence electrons. The smallest absolute Gasteiger partial charge is 0.410 e. The van der Waals surface area contributed by atoms with Crippen LogP contribution in [-0.2, 0) is 4.74 Å². The fourth-order valence-electron chi connectivity index (χ4n) is 7.54. The molecule has 3 aliphatic heterocycles. The minimum Gasteiger partial charge on any atom is -0.444 e. The van der Waals surface area contributed by atoms with Crippen LogP contribution in [0.25, 0.3) is 39.0 Å². The fraction of sp³-hybridized carbons (Fsp3) is 0.500. The van der Waals surface area contributed by atoms with E-state index in [9.17, 15) is 4.79 Å². The second kappa shape index (κ2) is 11.3. The van der Waals surface area contributed by atoms with Gasteiger partial charge in [0, 0.05) is 53.8 Å². The van der Waals surface area contributed by atoms with E-state index in [4.69, 9.17) is 14.7 Å². The van der Waals surface area contributed by atoms with Gasteiger partial charge in [0.1, 0.15) is 22.8 Å². The van der Waals surface area contributed by atoms with E-state index in [1.807, 2.05) is 50.8 Å². The molecule has 0 atom stereocenters. The zero-order valence-corrected chi connectivity index (χ0v) is 27.6. The van der Waals surface area contributed by atoms with Crippen molar-refractivity contribution in [3.63, 3.8) is 0 Å². The molecule has 9 nitrogen and oxygen atoms in total. The normalized spacial score (nSPS) is 19.2. The Balaban J connectivity index is 1.27. The molecule has 1 N–H and O–H groups in total. The van der Waals surface area contributed by atoms with Gasteiger partial charge in [0.15, 0.2) is 5.82 Å². The van der Waals surface area contributed by atoms with E-state index >= 15 is 4.39 Å². The van der Waals surface area contributed by atoms with Crippen molar-refractivity contribution in [1.82, 2.24) is 30.0 Å². The number of rotatable bonds is 4. The van der Waals surface area contributed by atoms with Gasteiger partial charge in [0.2, 0.25) is 0 Å². The van der Waals surface area contributed by atoms with Crippen molar-refractivity contribution in [3.8, 4) is 11.1 Å². The lowest BCUT2D eigenvalue weighted by molar-refractivity contribution is -0.0434. The molecule has 3 saturated heterocycles. The summed E-state index contributed by atoms with van der Waals surface area (Å²) in [4.78, 5) is 29.3. The van der Waals surface area contributed by atoms with Crippen LogP contribution in [0.1, 0.15) is 69.3 Å². The van der Waals surface area contributed by atoms with E-state index in [-0.39, 0.29) is 23.2 Å². The highest BCUT2D eigenvalue weighted by molar-refractivity contribution is 6.03. The van der Waals surface area contributed by atoms with Crippen molar-refractivity contribution in [2.45, 2.75) is 64.9 Å². The van der Waals surface area contributed by atoms with Crippen LogP contribution in [0.2, 0.25) is 0 Å². The number of halogens is 1. The first kappa shape index (κ1) is 30.6. The zero-order chi connectivity index (χ0) is 32.4. The summed E-state index contributed by atoms with van der Waals surface area (Å²) in [5.74, 6) is 1.35. The Morgan fingerprint density at radius 2 is 1.80 bits per heavy atom. The molecule has 4 aromatic rings. The summed E-state index contributed by atoms with van der Waals surface area (Å²) in [6.07, 6.45) is 6.99. The monoisotopic (exact) mass is 625 g/mol. The van der Waals surface area contributed by atoms with Crippen LogP contribution in [0, 0.1) is 18.2 Å². The topological polar surface area (TPSA) is 90.5 Å². The Morgan fingerprint density at radius 1 is 1.09 bits per heavy atom. The Morgan fingerprint density at radius 3 is 2.48 bits per heavy atom. The number of aromatic amines is 1. The predicted molar refractivity (Wildman–Crippen MR) is 181 cm³/mol. The SMILES string of the molecule is C=Cc1cc2c(N3CCC4(CC3)CN(C(=O)OC(C)(C)C)C4)nc(C3CCN(C)CC3)nc2c(F)c1-c1c(C)ccc2[nH]ncc12. The molecule has 3 aliphatic rings. The van der Waals surface area contributed by atoms with Crippen LogP contribution in [-0.4, -0.2) is 88.0 Å². The number of piperidine rings is 2. The van der Waals surface area contributed by atoms with Gasteiger partial charge in [0.05, 0.1) is 11.7 Å². The van der Waals surface area contributed by atoms with Gasteiger partial charge in [-0.05, 0) is 102 Å². The molecule has 0 aliphatic carbocycles. The summed E-state index contributed by atoms with van der Waals surface area (Å²) >= 11 is 0. The minimum absolute atomic E-state index is 0.0819. The largest absolute Gasteiger partial charge is 0.444 e. The number of likely N-dealkylation sites (tertiary alicyclic amines) is 2. The van der Waals surface area contributed by atoms with Crippen molar-refractivity contribution in [2.24, 2.45) is 5.41 Å². The number of hydrogen-bond acceptors (Lipinski definition) is 7. The molecule has 5 heterocycles. The Labute approximate surface area is 269 Å². The Bertz CT molecular complexity index is 1820. The summed E-state index contributed by atoms with van der Waals surface area (Å²) in [5, 5.41) is 8.86. The highest BCUT2D eigenvalue weighted by Gasteiger charge is 2.48. The van der Waals surface area contributed by atoms with E-state index in [0.29, 0.717) is 35.1 Å². The van der Waals surface area contributed by atoms with E-state index in [2.05, 4.69) is 33.6 Å². The number of nitrogens with zero attached hydrogens (tertiary/aromatic N) is 6. The second-order valence-electron chi connectivity index (χ2n) is 14.7. The van der Waals surface area contributed by atoms with Crippen molar-refractivity contribution >= 4 is 39.8 Å². The van der Waals surface area contributed by atoms with E-state index < -0.39 is 5.60 Å². The van der Waals surface area contributed by atoms with Gasteiger partial charge in [-0.15, -0.1) is 0 Å². The first-order chi connectivity index (χ1) is 21.9. The van der Waals surface area contributed by atoms with Gasteiger partial charge in [0.25, 0.3) is 0 Å². The summed E-state index contributed by atoms with van der Waals surface area (Å²) in [6.45, 7) is 16.7. The molecule has 0 bridgehead atoms. The molecule has 7 rings (SSSR count). The maximum Gasteiger partial charge on any atom is 0.410 e. The molecule has 2 aromatic heterocycles. The number of nitrogens with one attached hydrogen (secondary N) is 1. The first-order valence-corrected chi connectivity index (χ1v) is 16.5. The van der Waals surface area contributed by atoms with Gasteiger partial charge in [-0.2, -0.15) is 5.10 Å². The third-order valence-electron chi connectivity index (χ3n) is 10.2. The number of fused-ring (bicyclic) bond motifs is 2. The number of anilines is 1. The molecule has 2 aromatic carbocycles. The number of aromatic nitrogens is 4. The number of ether oxygens (including phenoxy) is 1. The maximum absolute atomic E-state index is 17.2. The lowest BCUT2D eigenvalue weighted by Gasteiger charge is -2.53. The first-order valence-electron chi connectivity index (χ1n) is 16.5. The van der Waals surface area contributed by atoms with Gasteiger partial charge < -0.3 is 19.4 Å². The average Bonchev–Trinajstić information content (AvgIpc) is 3.48. The maximum atomic E-state index is 17.2. The highest BCUT2D eigenvalue weighted by Crippen LogP contribution is 2.45. The minimum atomic E-state index is -0.508. The van der Waals surface area contributed by atoms with Gasteiger partial charge in [-0.1, -0.05) is 18.7 Å². The van der Waals surface area contributed by atoms with E-state index in [1.54, 1.807) is 12.3 Å². The highest BCUT2D eigenvalue weighted by atomic mass is 19.1. The second-order valence-corrected chi connectivity index (χ2v) is 14.7. The molecule has 1 amide bonds. The third kappa shape index (κ3) is 5.40. The molecule has 3 fully saturated rings. The van der Waals surface area contributed by atoms with E-state index in [1.165, 1.54) is 0 Å². The average molecular weight is 626 g/mol. The number of H-pyrrole nitrogens is 1. The van der Waals surface area contributed by atoms with Crippen LogP contribution in [0.3, 0.4) is 0 Å². The third-order valence-corrected chi connectivity index (χ3v) is 10.2. The number of hydrogen-bond donors (Lipinski definition) is 1. The predicted octanol–water partition coefficient (Wildman–Crippen LogP) is 6.91. The Kier molecular flexibility index (Phi) is 7.54. The van der Waals surface area contributed by atoms with Gasteiger partial charge in [-0.25, -0.2) is 19.2 Å². The van der Waals surface area contributed by atoms with E-state index in [0.717, 1.165) is 85.5 Å². The van der Waals surface area contributed by atoms with Crippen LogP contribution in [0.15, 0.2) is 31.0 Å². The number of aryl methyl sites for hydroxylation is 1. The van der Waals surface area contributed by atoms with Crippen LogP contribution >= 0.6 is 0 Å². The molecule has 0 radical (unpaired) electrons. The Hall–Kier alpha value is -4.05. The quantitative estimate of drug-likeness (QED) is 0.264. The zero-order valence-electron chi connectivity index (χ0n) is 27.6. The molecular weight excluding hydrogens is 581 g/mol. The molecule has 46 heavy (non-hydrogen) atoms. The molecular formula is C36H44FN7O2. The van der Waals surface area contributed by atoms with Gasteiger partial charge >= 0.3 is 6.09 Å². The summed E-state index contributed by atoms with van der Waals surface area (Å²) < 4.78 is 22.8. The van der Waals surface area contributed by atoms with Crippen LogP contribution in [0.5, 0.6) is 0 Å². The summed E-state index contributed by atoms with van der Waals surface area (Å²) in [7, 11) is 2.14.